The van der Waals surface area contributed by atoms with Gasteiger partial charge in [-0.25, -0.2) is 9.48 Å². The molecule has 2 saturated carbocycles. The molecule has 0 aliphatic heterocycles. The van der Waals surface area contributed by atoms with Crippen molar-refractivity contribution in [1.82, 2.24) is 15.1 Å². The van der Waals surface area contributed by atoms with Crippen molar-refractivity contribution in [1.29, 1.82) is 0 Å². The smallest absolute Gasteiger partial charge is 0.388 e. The van der Waals surface area contributed by atoms with Gasteiger partial charge in [-0.15, -0.1) is 0 Å². The summed E-state index contributed by atoms with van der Waals surface area (Å²) in [4.78, 5) is 11.9. The fourth-order valence-corrected chi connectivity index (χ4v) is 3.19. The van der Waals surface area contributed by atoms with E-state index < -0.39 is 6.61 Å². The van der Waals surface area contributed by atoms with Crippen LogP contribution in [0.5, 0.6) is 5.88 Å². The molecule has 0 radical (unpaired) electrons. The summed E-state index contributed by atoms with van der Waals surface area (Å²) in [7, 11) is 1.47. The first-order valence-corrected chi connectivity index (χ1v) is 7.52. The monoisotopic (exact) mass is 314 g/mol. The van der Waals surface area contributed by atoms with Gasteiger partial charge in [-0.2, -0.15) is 13.9 Å². The molecule has 8 heteroatoms. The highest BCUT2D eigenvalue weighted by Gasteiger charge is 2.48. The van der Waals surface area contributed by atoms with Crippen LogP contribution in [0, 0.1) is 11.3 Å². The summed E-state index contributed by atoms with van der Waals surface area (Å²) >= 11 is 0. The Morgan fingerprint density at radius 1 is 1.55 bits per heavy atom. The third-order valence-corrected chi connectivity index (χ3v) is 4.68. The number of hydrogen-bond donors (Lipinski definition) is 2. The van der Waals surface area contributed by atoms with Crippen molar-refractivity contribution < 1.29 is 18.3 Å². The second-order valence-electron chi connectivity index (χ2n) is 6.17. The average molecular weight is 314 g/mol. The van der Waals surface area contributed by atoms with Gasteiger partial charge in [0.25, 0.3) is 0 Å². The quantitative estimate of drug-likeness (QED) is 0.848. The maximum Gasteiger partial charge on any atom is 0.388 e. The van der Waals surface area contributed by atoms with Crippen molar-refractivity contribution in [3.8, 4) is 5.88 Å². The Labute approximate surface area is 127 Å². The molecular formula is C14H20F2N4O2. The van der Waals surface area contributed by atoms with E-state index >= 15 is 0 Å². The lowest BCUT2D eigenvalue weighted by Gasteiger charge is -2.42. The first kappa shape index (κ1) is 15.1. The number of alkyl halides is 2. The molecule has 0 bridgehead atoms. The van der Waals surface area contributed by atoms with E-state index in [2.05, 4.69) is 20.5 Å². The third-order valence-electron chi connectivity index (χ3n) is 4.68. The molecule has 2 aliphatic rings. The lowest BCUT2D eigenvalue weighted by molar-refractivity contribution is -0.0553. The van der Waals surface area contributed by atoms with Crippen LogP contribution < -0.4 is 15.4 Å². The third kappa shape index (κ3) is 3.15. The van der Waals surface area contributed by atoms with Crippen molar-refractivity contribution in [2.75, 3.05) is 11.9 Å². The van der Waals surface area contributed by atoms with Crippen molar-refractivity contribution in [3.05, 3.63) is 6.07 Å². The van der Waals surface area contributed by atoms with Gasteiger partial charge in [-0.05, 0) is 37.0 Å². The first-order valence-electron chi connectivity index (χ1n) is 7.52. The topological polar surface area (TPSA) is 68.2 Å². The molecule has 1 heterocycles. The van der Waals surface area contributed by atoms with Crippen molar-refractivity contribution in [2.24, 2.45) is 18.4 Å². The summed E-state index contributed by atoms with van der Waals surface area (Å²) in [6.45, 7) is -2.26. The largest absolute Gasteiger partial charge is 0.417 e. The lowest BCUT2D eigenvalue weighted by Crippen LogP contribution is -2.44. The van der Waals surface area contributed by atoms with Crippen LogP contribution in [0.15, 0.2) is 6.07 Å². The van der Waals surface area contributed by atoms with Crippen LogP contribution in [0.25, 0.3) is 0 Å². The summed E-state index contributed by atoms with van der Waals surface area (Å²) < 4.78 is 29.8. The second-order valence-corrected chi connectivity index (χ2v) is 6.17. The van der Waals surface area contributed by atoms with E-state index in [1.54, 1.807) is 0 Å². The molecule has 22 heavy (non-hydrogen) atoms. The summed E-state index contributed by atoms with van der Waals surface area (Å²) in [5, 5.41) is 9.34. The molecule has 0 saturated heterocycles. The van der Waals surface area contributed by atoms with E-state index in [9.17, 15) is 13.6 Å². The number of hydrogen-bond acceptors (Lipinski definition) is 3. The molecule has 0 spiro atoms. The van der Waals surface area contributed by atoms with E-state index in [1.165, 1.54) is 45.2 Å². The number of carbonyl (C=O) groups excluding carboxylic acids is 1. The number of aryl methyl sites for hydroxylation is 1. The summed E-state index contributed by atoms with van der Waals surface area (Å²) in [5.41, 5.74) is 0.283. The molecule has 1 aromatic heterocycles. The Morgan fingerprint density at radius 3 is 2.82 bits per heavy atom. The van der Waals surface area contributed by atoms with Gasteiger partial charge in [0.2, 0.25) is 5.88 Å². The zero-order valence-electron chi connectivity index (χ0n) is 12.4. The predicted molar refractivity (Wildman–Crippen MR) is 75.9 cm³/mol. The first-order chi connectivity index (χ1) is 10.5. The van der Waals surface area contributed by atoms with Gasteiger partial charge in [0.15, 0.2) is 5.82 Å². The zero-order chi connectivity index (χ0) is 15.7. The van der Waals surface area contributed by atoms with Crippen molar-refractivity contribution in [2.45, 2.75) is 38.7 Å². The van der Waals surface area contributed by atoms with E-state index in [0.29, 0.717) is 6.54 Å². The van der Waals surface area contributed by atoms with Gasteiger partial charge in [-0.3, -0.25) is 5.32 Å². The Hall–Kier alpha value is -1.86. The highest BCUT2D eigenvalue weighted by atomic mass is 19.3. The molecule has 2 N–H and O–H groups in total. The number of nitrogens with zero attached hydrogens (tertiary/aromatic N) is 2. The normalized spacial score (nSPS) is 19.6. The van der Waals surface area contributed by atoms with Crippen molar-refractivity contribution in [3.63, 3.8) is 0 Å². The Bertz CT molecular complexity index is 553. The number of halogens is 2. The number of aromatic nitrogens is 2. The van der Waals surface area contributed by atoms with Gasteiger partial charge in [-0.1, -0.05) is 6.42 Å². The van der Waals surface area contributed by atoms with Gasteiger partial charge >= 0.3 is 12.6 Å². The van der Waals surface area contributed by atoms with Gasteiger partial charge < -0.3 is 10.1 Å². The van der Waals surface area contributed by atoms with E-state index in [0.717, 1.165) is 10.6 Å². The summed E-state index contributed by atoms with van der Waals surface area (Å²) in [6.07, 6.45) is 6.10. The maximum atomic E-state index is 12.2. The predicted octanol–water partition coefficient (Wildman–Crippen LogP) is 2.72. The zero-order valence-corrected chi connectivity index (χ0v) is 12.4. The van der Waals surface area contributed by atoms with E-state index in [4.69, 9.17) is 0 Å². The highest BCUT2D eigenvalue weighted by Crippen LogP contribution is 2.56. The molecule has 2 amide bonds. The van der Waals surface area contributed by atoms with Crippen LogP contribution in [0.1, 0.15) is 32.1 Å². The molecule has 3 rings (SSSR count). The molecule has 0 unspecified atom stereocenters. The number of urea groups is 1. The Kier molecular flexibility index (Phi) is 3.92. The Balaban J connectivity index is 1.51. The molecular weight excluding hydrogens is 294 g/mol. The minimum atomic E-state index is -2.92. The number of nitrogens with one attached hydrogen (secondary N) is 2. The lowest BCUT2D eigenvalue weighted by atomic mass is 9.65. The minimum absolute atomic E-state index is 0.0984. The molecule has 0 atom stereocenters. The summed E-state index contributed by atoms with van der Waals surface area (Å²) in [6, 6.07) is 0.903. The number of ether oxygens (including phenoxy) is 1. The van der Waals surface area contributed by atoms with Gasteiger partial charge in [0.1, 0.15) is 0 Å². The number of carbonyl (C=O) groups is 1. The van der Waals surface area contributed by atoms with Crippen LogP contribution in [-0.4, -0.2) is 29.0 Å². The van der Waals surface area contributed by atoms with Gasteiger partial charge in [0.05, 0.1) is 0 Å². The van der Waals surface area contributed by atoms with Crippen LogP contribution in [-0.2, 0) is 7.05 Å². The van der Waals surface area contributed by atoms with Crippen molar-refractivity contribution >= 4 is 11.8 Å². The molecule has 2 fully saturated rings. The van der Waals surface area contributed by atoms with E-state index in [-0.39, 0.29) is 23.1 Å². The molecule has 6 nitrogen and oxygen atoms in total. The van der Waals surface area contributed by atoms with Gasteiger partial charge in [0, 0.05) is 19.7 Å². The molecule has 0 aromatic carbocycles. The second kappa shape index (κ2) is 5.73. The number of amides is 2. The van der Waals surface area contributed by atoms with E-state index in [1.807, 2.05) is 0 Å². The molecule has 2 aliphatic carbocycles. The standard InChI is InChI=1S/C14H20F2N4O2/c1-20-11(22-12(15)16)7-10(19-20)18-13(21)17-8-14(5-2-6-14)9-3-4-9/h7,9,12H,2-6,8H2,1H3,(H2,17,18,19,21). The van der Waals surface area contributed by atoms with Crippen LogP contribution >= 0.6 is 0 Å². The van der Waals surface area contributed by atoms with Crippen LogP contribution in [0.3, 0.4) is 0 Å². The average Bonchev–Trinajstić information content (AvgIpc) is 3.15. The SMILES string of the molecule is Cn1nc(NC(=O)NCC2(C3CC3)CCC2)cc1OC(F)F. The fraction of sp³-hybridized carbons (Fsp3) is 0.714. The number of rotatable bonds is 6. The van der Waals surface area contributed by atoms with Crippen LogP contribution in [0.2, 0.25) is 0 Å². The van der Waals surface area contributed by atoms with Crippen LogP contribution in [0.4, 0.5) is 19.4 Å². The molecule has 122 valence electrons. The number of anilines is 1. The minimum Gasteiger partial charge on any atom is -0.417 e. The maximum absolute atomic E-state index is 12.2. The highest BCUT2D eigenvalue weighted by molar-refractivity contribution is 5.88. The summed E-state index contributed by atoms with van der Waals surface area (Å²) in [5.74, 6) is 0.839. The molecule has 1 aromatic rings. The Morgan fingerprint density at radius 2 is 2.27 bits per heavy atom. The fourth-order valence-electron chi connectivity index (χ4n) is 3.19.